The van der Waals surface area contributed by atoms with E-state index in [1.165, 1.54) is 141 Å². The van der Waals surface area contributed by atoms with E-state index in [0.29, 0.717) is 12.8 Å². The van der Waals surface area contributed by atoms with Crippen LogP contribution in [0.25, 0.3) is 0 Å². The third-order valence-electron chi connectivity index (χ3n) is 10.6. The minimum atomic E-state index is -4.62. The molecule has 0 saturated carbocycles. The zero-order valence-corrected chi connectivity index (χ0v) is 38.9. The fourth-order valence-corrected chi connectivity index (χ4v) is 7.64. The van der Waals surface area contributed by atoms with Crippen molar-refractivity contribution >= 4 is 19.8 Å². The van der Waals surface area contributed by atoms with Gasteiger partial charge in [-0.2, -0.15) is 0 Å². The number of esters is 2. The summed E-state index contributed by atoms with van der Waals surface area (Å²) in [5.74, 6) is -0.918. The molecule has 59 heavy (non-hydrogen) atoms. The number of rotatable bonds is 46. The second kappa shape index (κ2) is 44.5. The lowest BCUT2D eigenvalue weighted by molar-refractivity contribution is -0.161. The van der Waals surface area contributed by atoms with E-state index >= 15 is 0 Å². The highest BCUT2D eigenvalue weighted by Gasteiger charge is 2.27. The SMILES string of the molecule is CCCCC/C=C/C/C=C/CCCCCCCCCCCC(=O)OC[C@H](COP(=O)(O)OC[C@@H](O)CO)OC(=O)CCCCCCCCCCCCCCCCCCC. The molecule has 0 heterocycles. The van der Waals surface area contributed by atoms with Crippen LogP contribution < -0.4 is 0 Å². The molecule has 0 rings (SSSR count). The predicted molar refractivity (Wildman–Crippen MR) is 242 cm³/mol. The zero-order valence-electron chi connectivity index (χ0n) is 38.0. The first kappa shape index (κ1) is 57.4. The van der Waals surface area contributed by atoms with Crippen molar-refractivity contribution < 1.29 is 47.8 Å². The molecule has 0 amide bonds. The number of aliphatic hydroxyl groups is 2. The monoisotopic (exact) mass is 859 g/mol. The Morgan fingerprint density at radius 1 is 0.508 bits per heavy atom. The van der Waals surface area contributed by atoms with E-state index in [0.717, 1.165) is 51.4 Å². The molecule has 11 heteroatoms. The second-order valence-corrected chi connectivity index (χ2v) is 17.9. The topological polar surface area (TPSA) is 149 Å². The van der Waals surface area contributed by atoms with Crippen LogP contribution in [0.4, 0.5) is 0 Å². The van der Waals surface area contributed by atoms with E-state index < -0.39 is 51.8 Å². The Morgan fingerprint density at radius 2 is 0.881 bits per heavy atom. The Morgan fingerprint density at radius 3 is 1.34 bits per heavy atom. The first-order valence-electron chi connectivity index (χ1n) is 24.3. The van der Waals surface area contributed by atoms with Crippen molar-refractivity contribution in [3.63, 3.8) is 0 Å². The molecule has 1 unspecified atom stereocenters. The van der Waals surface area contributed by atoms with Crippen LogP contribution in [0.2, 0.25) is 0 Å². The molecule has 3 N–H and O–H groups in total. The quantitative estimate of drug-likeness (QED) is 0.0234. The van der Waals surface area contributed by atoms with Gasteiger partial charge in [-0.05, 0) is 44.9 Å². The molecule has 0 spiro atoms. The van der Waals surface area contributed by atoms with E-state index in [-0.39, 0.29) is 19.4 Å². The molecule has 0 bridgehead atoms. The molecule has 0 fully saturated rings. The van der Waals surface area contributed by atoms with Crippen molar-refractivity contribution in [1.29, 1.82) is 0 Å². The summed E-state index contributed by atoms with van der Waals surface area (Å²) in [6.07, 6.45) is 45.6. The summed E-state index contributed by atoms with van der Waals surface area (Å²) >= 11 is 0. The van der Waals surface area contributed by atoms with Crippen LogP contribution in [0.15, 0.2) is 24.3 Å². The number of hydrogen-bond acceptors (Lipinski definition) is 9. The average Bonchev–Trinajstić information content (AvgIpc) is 3.22. The Kier molecular flexibility index (Phi) is 43.3. The van der Waals surface area contributed by atoms with Gasteiger partial charge >= 0.3 is 19.8 Å². The Hall–Kier alpha value is -1.55. The van der Waals surface area contributed by atoms with Gasteiger partial charge in [-0.25, -0.2) is 4.57 Å². The van der Waals surface area contributed by atoms with Crippen molar-refractivity contribution in [1.82, 2.24) is 0 Å². The van der Waals surface area contributed by atoms with Crippen molar-refractivity contribution in [3.05, 3.63) is 24.3 Å². The highest BCUT2D eigenvalue weighted by atomic mass is 31.2. The van der Waals surface area contributed by atoms with Crippen LogP contribution >= 0.6 is 7.82 Å². The van der Waals surface area contributed by atoms with E-state index in [9.17, 15) is 24.2 Å². The van der Waals surface area contributed by atoms with Crippen LogP contribution in [0.3, 0.4) is 0 Å². The van der Waals surface area contributed by atoms with Crippen LogP contribution in [0.1, 0.15) is 232 Å². The maximum atomic E-state index is 12.7. The molecular formula is C48H91O10P. The van der Waals surface area contributed by atoms with Crippen molar-refractivity contribution in [3.8, 4) is 0 Å². The summed E-state index contributed by atoms with van der Waals surface area (Å²) in [6.45, 7) is 2.39. The summed E-state index contributed by atoms with van der Waals surface area (Å²) in [7, 11) is -4.62. The molecule has 0 aromatic rings. The Balaban J connectivity index is 4.20. The second-order valence-electron chi connectivity index (χ2n) is 16.5. The number of aliphatic hydroxyl groups excluding tert-OH is 2. The highest BCUT2D eigenvalue weighted by Crippen LogP contribution is 2.43. The van der Waals surface area contributed by atoms with Crippen LogP contribution in [-0.2, 0) is 32.7 Å². The third-order valence-corrected chi connectivity index (χ3v) is 11.6. The van der Waals surface area contributed by atoms with Gasteiger partial charge in [0.2, 0.25) is 0 Å². The summed E-state index contributed by atoms with van der Waals surface area (Å²) < 4.78 is 32.8. The van der Waals surface area contributed by atoms with Crippen molar-refractivity contribution in [2.45, 2.75) is 244 Å². The number of unbranched alkanes of at least 4 members (excludes halogenated alkanes) is 28. The number of ether oxygens (including phenoxy) is 2. The summed E-state index contributed by atoms with van der Waals surface area (Å²) in [6, 6.07) is 0. The van der Waals surface area contributed by atoms with Gasteiger partial charge in [0.25, 0.3) is 0 Å². The lowest BCUT2D eigenvalue weighted by Crippen LogP contribution is -2.29. The third kappa shape index (κ3) is 44.3. The zero-order chi connectivity index (χ0) is 43.3. The number of carbonyl (C=O) groups is 2. The number of phosphoric ester groups is 1. The van der Waals surface area contributed by atoms with Gasteiger partial charge in [-0.15, -0.1) is 0 Å². The lowest BCUT2D eigenvalue weighted by atomic mass is 10.0. The first-order chi connectivity index (χ1) is 28.7. The molecule has 348 valence electrons. The van der Waals surface area contributed by atoms with Gasteiger partial charge in [0.15, 0.2) is 6.10 Å². The normalized spacial score (nSPS) is 13.9. The molecule has 0 aromatic carbocycles. The van der Waals surface area contributed by atoms with E-state index in [2.05, 4.69) is 38.2 Å². The number of carbonyl (C=O) groups excluding carboxylic acids is 2. The molecule has 0 aromatic heterocycles. The number of hydrogen-bond donors (Lipinski definition) is 3. The molecule has 0 aliphatic heterocycles. The van der Waals surface area contributed by atoms with Crippen LogP contribution in [-0.4, -0.2) is 65.7 Å². The van der Waals surface area contributed by atoms with E-state index in [1.807, 2.05) is 0 Å². The molecule has 0 radical (unpaired) electrons. The number of phosphoric acid groups is 1. The van der Waals surface area contributed by atoms with Gasteiger partial charge in [-0.3, -0.25) is 18.6 Å². The average molecular weight is 859 g/mol. The molecule has 3 atom stereocenters. The van der Waals surface area contributed by atoms with Crippen molar-refractivity contribution in [2.75, 3.05) is 26.4 Å². The van der Waals surface area contributed by atoms with Crippen molar-refractivity contribution in [2.24, 2.45) is 0 Å². The van der Waals surface area contributed by atoms with E-state index in [4.69, 9.17) is 23.6 Å². The molecule has 0 saturated heterocycles. The molecule has 0 aliphatic rings. The molecular weight excluding hydrogens is 767 g/mol. The van der Waals surface area contributed by atoms with Gasteiger partial charge in [0, 0.05) is 12.8 Å². The fraction of sp³-hybridized carbons (Fsp3) is 0.875. The largest absolute Gasteiger partial charge is 0.472 e. The van der Waals surface area contributed by atoms with Crippen LogP contribution in [0.5, 0.6) is 0 Å². The van der Waals surface area contributed by atoms with Gasteiger partial charge in [0.05, 0.1) is 19.8 Å². The predicted octanol–water partition coefficient (Wildman–Crippen LogP) is 13.3. The maximum Gasteiger partial charge on any atom is 0.472 e. The number of allylic oxidation sites excluding steroid dienone is 4. The lowest BCUT2D eigenvalue weighted by Gasteiger charge is -2.20. The molecule has 0 aliphatic carbocycles. The van der Waals surface area contributed by atoms with Gasteiger partial charge in [-0.1, -0.05) is 199 Å². The van der Waals surface area contributed by atoms with Crippen LogP contribution in [0, 0.1) is 0 Å². The standard InChI is InChI=1S/C48H91O10P/c1-3-5-7-9-11-13-15-17-19-21-22-24-25-27-29-31-33-35-37-39-47(51)55-43-46(44-57-59(53,54)56-42-45(50)41-49)58-48(52)40-38-36-34-32-30-28-26-23-20-18-16-14-12-10-8-6-4-2/h11,13,17,19,45-46,49-50H,3-10,12,14-16,18,20-44H2,1-2H3,(H,53,54)/b13-11+,19-17+/t45-,46+/m0/s1. The Bertz CT molecular complexity index is 1040. The van der Waals surface area contributed by atoms with E-state index in [1.54, 1.807) is 0 Å². The minimum Gasteiger partial charge on any atom is -0.462 e. The molecule has 10 nitrogen and oxygen atoms in total. The highest BCUT2D eigenvalue weighted by molar-refractivity contribution is 7.47. The fourth-order valence-electron chi connectivity index (χ4n) is 6.85. The van der Waals surface area contributed by atoms with Gasteiger partial charge in [0.1, 0.15) is 12.7 Å². The summed E-state index contributed by atoms with van der Waals surface area (Å²) in [5, 5.41) is 18.4. The maximum absolute atomic E-state index is 12.7. The smallest absolute Gasteiger partial charge is 0.462 e. The van der Waals surface area contributed by atoms with Gasteiger partial charge < -0.3 is 24.6 Å². The first-order valence-corrected chi connectivity index (χ1v) is 25.8. The minimum absolute atomic E-state index is 0.188. The Labute approximate surface area is 361 Å². The summed E-state index contributed by atoms with van der Waals surface area (Å²) in [5.41, 5.74) is 0. The summed E-state index contributed by atoms with van der Waals surface area (Å²) in [4.78, 5) is 35.1.